The molecule has 98 valence electrons. The molecule has 3 nitrogen and oxygen atoms in total. The molecule has 0 aliphatic rings. The van der Waals surface area contributed by atoms with E-state index in [4.69, 9.17) is 11.6 Å². The van der Waals surface area contributed by atoms with Gasteiger partial charge in [-0.05, 0) is 29.8 Å². The van der Waals surface area contributed by atoms with Gasteiger partial charge in [-0.3, -0.25) is 4.98 Å². The lowest BCUT2D eigenvalue weighted by Gasteiger charge is -2.08. The zero-order chi connectivity index (χ0) is 13.9. The fourth-order valence-corrected chi connectivity index (χ4v) is 3.24. The van der Waals surface area contributed by atoms with Crippen molar-refractivity contribution in [2.75, 3.05) is 5.75 Å². The molecule has 0 saturated carbocycles. The normalized spacial score (nSPS) is 11.2. The first-order chi connectivity index (χ1) is 9.00. The van der Waals surface area contributed by atoms with E-state index in [2.05, 4.69) is 11.6 Å². The summed E-state index contributed by atoms with van der Waals surface area (Å²) in [5.74, 6) is -0.201. The third-order valence-corrected chi connectivity index (χ3v) is 4.58. The molecular weight excluding hydrogens is 282 g/mol. The fraction of sp³-hybridized carbons (Fsp3) is 0.0714. The van der Waals surface area contributed by atoms with Crippen LogP contribution in [0.5, 0.6) is 0 Å². The van der Waals surface area contributed by atoms with Crippen molar-refractivity contribution in [2.45, 2.75) is 4.90 Å². The standard InChI is InChI=1S/C14H12ClNO2S/c1-11(14-13(15)8-5-9-16-14)10-19(17,18)12-6-3-2-4-7-12/h2-9H,1,10H2. The van der Waals surface area contributed by atoms with E-state index in [0.717, 1.165) is 0 Å². The highest BCUT2D eigenvalue weighted by Crippen LogP contribution is 2.23. The lowest BCUT2D eigenvalue weighted by Crippen LogP contribution is -2.09. The summed E-state index contributed by atoms with van der Waals surface area (Å²) in [6, 6.07) is 11.6. The molecule has 0 atom stereocenters. The Morgan fingerprint density at radius 3 is 2.47 bits per heavy atom. The monoisotopic (exact) mass is 293 g/mol. The van der Waals surface area contributed by atoms with Crippen molar-refractivity contribution in [1.82, 2.24) is 4.98 Å². The van der Waals surface area contributed by atoms with Crippen molar-refractivity contribution in [1.29, 1.82) is 0 Å². The molecule has 19 heavy (non-hydrogen) atoms. The summed E-state index contributed by atoms with van der Waals surface area (Å²) < 4.78 is 24.4. The molecule has 1 heterocycles. The molecule has 0 bridgehead atoms. The number of halogens is 1. The van der Waals surface area contributed by atoms with Gasteiger partial charge in [0, 0.05) is 6.20 Å². The van der Waals surface area contributed by atoms with Crippen LogP contribution in [-0.2, 0) is 9.84 Å². The molecule has 1 aromatic heterocycles. The smallest absolute Gasteiger partial charge is 0.182 e. The van der Waals surface area contributed by atoms with Crippen molar-refractivity contribution in [3.8, 4) is 0 Å². The Hall–Kier alpha value is -1.65. The number of nitrogens with zero attached hydrogens (tertiary/aromatic N) is 1. The van der Waals surface area contributed by atoms with Crippen LogP contribution in [0.2, 0.25) is 5.02 Å². The van der Waals surface area contributed by atoms with Crippen molar-refractivity contribution in [3.05, 3.63) is 66.0 Å². The molecule has 0 saturated heterocycles. The minimum atomic E-state index is -3.42. The first-order valence-electron chi connectivity index (χ1n) is 5.57. The number of hydrogen-bond donors (Lipinski definition) is 0. The zero-order valence-corrected chi connectivity index (χ0v) is 11.7. The minimum absolute atomic E-state index is 0.201. The number of rotatable bonds is 4. The van der Waals surface area contributed by atoms with Crippen LogP contribution in [0.25, 0.3) is 5.57 Å². The van der Waals surface area contributed by atoms with Gasteiger partial charge in [0.2, 0.25) is 0 Å². The van der Waals surface area contributed by atoms with Gasteiger partial charge in [0.1, 0.15) is 0 Å². The number of benzene rings is 1. The largest absolute Gasteiger partial charge is 0.255 e. The summed E-state index contributed by atoms with van der Waals surface area (Å²) in [6.45, 7) is 3.77. The lowest BCUT2D eigenvalue weighted by molar-refractivity contribution is 0.599. The van der Waals surface area contributed by atoms with Crippen LogP contribution in [0.15, 0.2) is 60.1 Å². The summed E-state index contributed by atoms with van der Waals surface area (Å²) in [6.07, 6.45) is 1.56. The van der Waals surface area contributed by atoms with Crippen molar-refractivity contribution < 1.29 is 8.42 Å². The van der Waals surface area contributed by atoms with Crippen LogP contribution < -0.4 is 0 Å². The molecule has 0 fully saturated rings. The van der Waals surface area contributed by atoms with Gasteiger partial charge in [0.15, 0.2) is 9.84 Å². The van der Waals surface area contributed by atoms with Gasteiger partial charge in [-0.1, -0.05) is 36.4 Å². The van der Waals surface area contributed by atoms with E-state index < -0.39 is 9.84 Å². The molecule has 0 aliphatic heterocycles. The van der Waals surface area contributed by atoms with Crippen LogP contribution in [0.1, 0.15) is 5.69 Å². The summed E-state index contributed by atoms with van der Waals surface area (Å²) in [5, 5.41) is 0.399. The highest BCUT2D eigenvalue weighted by atomic mass is 35.5. The maximum absolute atomic E-state index is 12.2. The van der Waals surface area contributed by atoms with Gasteiger partial charge in [-0.15, -0.1) is 0 Å². The Bertz CT molecular complexity index is 696. The van der Waals surface area contributed by atoms with Gasteiger partial charge < -0.3 is 0 Å². The van der Waals surface area contributed by atoms with Gasteiger partial charge >= 0.3 is 0 Å². The molecule has 1 aromatic carbocycles. The molecule has 2 rings (SSSR count). The first-order valence-corrected chi connectivity index (χ1v) is 7.60. The van der Waals surface area contributed by atoms with E-state index in [1.54, 1.807) is 48.7 Å². The fourth-order valence-electron chi connectivity index (χ4n) is 1.65. The molecule has 0 aliphatic carbocycles. The molecule has 0 spiro atoms. The maximum atomic E-state index is 12.2. The Morgan fingerprint density at radius 2 is 1.84 bits per heavy atom. The summed E-state index contributed by atoms with van der Waals surface area (Å²) in [4.78, 5) is 4.33. The van der Waals surface area contributed by atoms with Crippen LogP contribution in [0, 0.1) is 0 Å². The predicted molar refractivity (Wildman–Crippen MR) is 76.8 cm³/mol. The van der Waals surface area contributed by atoms with E-state index >= 15 is 0 Å². The predicted octanol–water partition coefficient (Wildman–Crippen LogP) is 3.22. The van der Waals surface area contributed by atoms with E-state index in [1.807, 2.05) is 0 Å². The zero-order valence-electron chi connectivity index (χ0n) is 10.1. The van der Waals surface area contributed by atoms with Crippen molar-refractivity contribution in [2.24, 2.45) is 0 Å². The summed E-state index contributed by atoms with van der Waals surface area (Å²) >= 11 is 5.98. The number of hydrogen-bond acceptors (Lipinski definition) is 3. The van der Waals surface area contributed by atoms with Gasteiger partial charge in [-0.2, -0.15) is 0 Å². The average molecular weight is 294 g/mol. The summed E-state index contributed by atoms with van der Waals surface area (Å²) in [5.41, 5.74) is 0.804. The Kier molecular flexibility index (Phi) is 4.02. The minimum Gasteiger partial charge on any atom is -0.255 e. The first kappa shape index (κ1) is 13.8. The van der Waals surface area contributed by atoms with E-state index in [1.165, 1.54) is 0 Å². The van der Waals surface area contributed by atoms with Crippen LogP contribution in [0.4, 0.5) is 0 Å². The van der Waals surface area contributed by atoms with Gasteiger partial charge in [-0.25, -0.2) is 8.42 Å². The highest BCUT2D eigenvalue weighted by molar-refractivity contribution is 7.91. The van der Waals surface area contributed by atoms with E-state index in [9.17, 15) is 8.42 Å². The number of pyridine rings is 1. The van der Waals surface area contributed by atoms with E-state index in [0.29, 0.717) is 16.3 Å². The molecule has 5 heteroatoms. The molecule has 0 radical (unpaired) electrons. The van der Waals surface area contributed by atoms with E-state index in [-0.39, 0.29) is 10.6 Å². The molecule has 0 amide bonds. The third-order valence-electron chi connectivity index (χ3n) is 2.56. The van der Waals surface area contributed by atoms with Gasteiger partial charge in [0.25, 0.3) is 0 Å². The van der Waals surface area contributed by atoms with Crippen LogP contribution >= 0.6 is 11.6 Å². The Labute approximate surface area is 117 Å². The second-order valence-corrected chi connectivity index (χ2v) is 6.41. The SMILES string of the molecule is C=C(CS(=O)(=O)c1ccccc1)c1ncccc1Cl. The van der Waals surface area contributed by atoms with Crippen LogP contribution in [0.3, 0.4) is 0 Å². The van der Waals surface area contributed by atoms with Crippen molar-refractivity contribution in [3.63, 3.8) is 0 Å². The van der Waals surface area contributed by atoms with Gasteiger partial charge in [0.05, 0.1) is 21.4 Å². The Morgan fingerprint density at radius 1 is 1.16 bits per heavy atom. The maximum Gasteiger partial charge on any atom is 0.182 e. The molecule has 0 N–H and O–H groups in total. The lowest BCUT2D eigenvalue weighted by atomic mass is 10.2. The Balaban J connectivity index is 2.27. The van der Waals surface area contributed by atoms with Crippen LogP contribution in [-0.4, -0.2) is 19.2 Å². The average Bonchev–Trinajstić information content (AvgIpc) is 2.39. The molecule has 2 aromatic rings. The third kappa shape index (κ3) is 3.22. The highest BCUT2D eigenvalue weighted by Gasteiger charge is 2.18. The second kappa shape index (κ2) is 5.55. The quantitative estimate of drug-likeness (QED) is 0.869. The molecule has 0 unspecified atom stereocenters. The second-order valence-electron chi connectivity index (χ2n) is 4.01. The molecular formula is C14H12ClNO2S. The number of sulfone groups is 1. The topological polar surface area (TPSA) is 47.0 Å². The summed E-state index contributed by atoms with van der Waals surface area (Å²) in [7, 11) is -3.42. The van der Waals surface area contributed by atoms with Crippen molar-refractivity contribution >= 4 is 27.0 Å². The number of aromatic nitrogens is 1.